The second kappa shape index (κ2) is 10.1. The Hall–Kier alpha value is -2.40. The number of esters is 1. The molecule has 0 saturated heterocycles. The summed E-state index contributed by atoms with van der Waals surface area (Å²) < 4.78 is 32.7. The van der Waals surface area contributed by atoms with Crippen molar-refractivity contribution >= 4 is 77.1 Å². The predicted molar refractivity (Wildman–Crippen MR) is 139 cm³/mol. The van der Waals surface area contributed by atoms with Crippen LogP contribution in [0.3, 0.4) is 0 Å². The third-order valence-corrected chi connectivity index (χ3v) is 9.05. The molecule has 3 aromatic carbocycles. The number of halogens is 2. The van der Waals surface area contributed by atoms with Crippen molar-refractivity contribution in [3.8, 4) is 5.75 Å². The molecule has 1 amide bonds. The number of fused-ring (bicyclic) bond motifs is 1. The Morgan fingerprint density at radius 3 is 2.38 bits per heavy atom. The fraction of sp³-hybridized carbons (Fsp3) is 0.0833. The van der Waals surface area contributed by atoms with Gasteiger partial charge in [-0.3, -0.25) is 9.59 Å². The SMILES string of the molecule is CC(=O)Oc1ccc(C=C2Sc3cc(S(=O)(=O)Cc4c(Br)cccc4Br)ccc3NC2=O)cc1. The summed E-state index contributed by atoms with van der Waals surface area (Å²) in [6.45, 7) is 1.32. The molecule has 1 aliphatic heterocycles. The van der Waals surface area contributed by atoms with Crippen molar-refractivity contribution in [3.63, 3.8) is 0 Å². The molecule has 6 nitrogen and oxygen atoms in total. The molecule has 0 aromatic heterocycles. The molecule has 0 bridgehead atoms. The molecule has 0 unspecified atom stereocenters. The maximum absolute atomic E-state index is 13.1. The van der Waals surface area contributed by atoms with E-state index in [2.05, 4.69) is 37.2 Å². The highest BCUT2D eigenvalue weighted by atomic mass is 79.9. The maximum atomic E-state index is 13.1. The van der Waals surface area contributed by atoms with Crippen LogP contribution in [0.2, 0.25) is 0 Å². The molecular weight excluding hydrogens is 606 g/mol. The average molecular weight is 623 g/mol. The highest BCUT2D eigenvalue weighted by Crippen LogP contribution is 2.41. The zero-order valence-corrected chi connectivity index (χ0v) is 22.5. The molecule has 174 valence electrons. The number of benzene rings is 3. The van der Waals surface area contributed by atoms with E-state index in [1.807, 2.05) is 6.07 Å². The second-order valence-corrected chi connectivity index (χ2v) is 12.1. The standard InChI is InChI=1S/C24H17Br2NO5S2/c1-14(28)32-16-7-5-15(6-8-16)11-23-24(29)27-21-10-9-17(12-22(21)33-23)34(30,31)13-18-19(25)3-2-4-20(18)26/h2-12H,13H2,1H3,(H,27,29). The van der Waals surface area contributed by atoms with Gasteiger partial charge < -0.3 is 10.1 Å². The number of hydrogen-bond donors (Lipinski definition) is 1. The molecule has 4 rings (SSSR count). The Bertz CT molecular complexity index is 1410. The monoisotopic (exact) mass is 621 g/mol. The number of ether oxygens (including phenoxy) is 1. The molecule has 0 aliphatic carbocycles. The van der Waals surface area contributed by atoms with E-state index in [4.69, 9.17) is 4.74 Å². The van der Waals surface area contributed by atoms with Crippen molar-refractivity contribution in [2.24, 2.45) is 0 Å². The Morgan fingerprint density at radius 2 is 1.74 bits per heavy atom. The Kier molecular flexibility index (Phi) is 7.32. The first-order valence-electron chi connectivity index (χ1n) is 9.91. The van der Waals surface area contributed by atoms with E-state index in [-0.39, 0.29) is 16.6 Å². The highest BCUT2D eigenvalue weighted by Gasteiger charge is 2.25. The van der Waals surface area contributed by atoms with Crippen molar-refractivity contribution in [1.29, 1.82) is 0 Å². The van der Waals surface area contributed by atoms with Gasteiger partial charge in [0.15, 0.2) is 9.84 Å². The topological polar surface area (TPSA) is 89.5 Å². The minimum Gasteiger partial charge on any atom is -0.427 e. The van der Waals surface area contributed by atoms with Crippen LogP contribution in [0.25, 0.3) is 6.08 Å². The summed E-state index contributed by atoms with van der Waals surface area (Å²) in [5.41, 5.74) is 1.93. The first-order chi connectivity index (χ1) is 16.1. The van der Waals surface area contributed by atoms with Gasteiger partial charge in [-0.1, -0.05) is 61.8 Å². The van der Waals surface area contributed by atoms with E-state index >= 15 is 0 Å². The number of hydrogen-bond acceptors (Lipinski definition) is 6. The van der Waals surface area contributed by atoms with Gasteiger partial charge in [-0.15, -0.1) is 0 Å². The normalized spacial score (nSPS) is 14.4. The summed E-state index contributed by atoms with van der Waals surface area (Å²) in [6.07, 6.45) is 1.69. The van der Waals surface area contributed by atoms with Crippen molar-refractivity contribution in [2.75, 3.05) is 5.32 Å². The first kappa shape index (κ1) is 24.7. The summed E-state index contributed by atoms with van der Waals surface area (Å²) in [5, 5.41) is 2.81. The largest absolute Gasteiger partial charge is 0.427 e. The second-order valence-electron chi connectivity index (χ2n) is 7.34. The van der Waals surface area contributed by atoms with Crippen molar-refractivity contribution < 1.29 is 22.7 Å². The molecular formula is C24H17Br2NO5S2. The lowest BCUT2D eigenvalue weighted by Gasteiger charge is -2.19. The predicted octanol–water partition coefficient (Wildman–Crippen LogP) is 6.20. The minimum absolute atomic E-state index is 0.169. The average Bonchev–Trinajstić information content (AvgIpc) is 2.77. The molecule has 0 saturated carbocycles. The van der Waals surface area contributed by atoms with Gasteiger partial charge in [0.2, 0.25) is 0 Å². The van der Waals surface area contributed by atoms with Crippen LogP contribution in [0.1, 0.15) is 18.1 Å². The van der Waals surface area contributed by atoms with Crippen molar-refractivity contribution in [1.82, 2.24) is 0 Å². The lowest BCUT2D eigenvalue weighted by atomic mass is 10.2. The molecule has 0 spiro atoms. The minimum atomic E-state index is -3.64. The summed E-state index contributed by atoms with van der Waals surface area (Å²) in [6, 6.07) is 16.8. The lowest BCUT2D eigenvalue weighted by Crippen LogP contribution is -2.17. The molecule has 3 aromatic rings. The number of rotatable bonds is 5. The molecule has 34 heavy (non-hydrogen) atoms. The third-order valence-electron chi connectivity index (χ3n) is 4.84. The van der Waals surface area contributed by atoms with Crippen LogP contribution in [-0.2, 0) is 25.2 Å². The van der Waals surface area contributed by atoms with Crippen LogP contribution in [-0.4, -0.2) is 20.3 Å². The fourth-order valence-electron chi connectivity index (χ4n) is 3.22. The van der Waals surface area contributed by atoms with E-state index in [0.717, 1.165) is 5.56 Å². The van der Waals surface area contributed by atoms with Gasteiger partial charge in [-0.2, -0.15) is 0 Å². The van der Waals surface area contributed by atoms with E-state index in [1.54, 1.807) is 54.6 Å². The number of carbonyl (C=O) groups excluding carboxylic acids is 2. The van der Waals surface area contributed by atoms with Crippen molar-refractivity contribution in [3.05, 3.63) is 85.6 Å². The Morgan fingerprint density at radius 1 is 1.06 bits per heavy atom. The summed E-state index contributed by atoms with van der Waals surface area (Å²) in [5.74, 6) is -0.466. The third kappa shape index (κ3) is 5.63. The van der Waals surface area contributed by atoms with Gasteiger partial charge in [0.25, 0.3) is 5.91 Å². The zero-order chi connectivity index (χ0) is 24.5. The molecule has 0 fully saturated rings. The van der Waals surface area contributed by atoms with Crippen molar-refractivity contribution in [2.45, 2.75) is 22.5 Å². The first-order valence-corrected chi connectivity index (χ1v) is 14.0. The van der Waals surface area contributed by atoms with Gasteiger partial charge in [-0.25, -0.2) is 8.42 Å². The van der Waals surface area contributed by atoms with Crippen LogP contribution >= 0.6 is 43.6 Å². The van der Waals surface area contributed by atoms with E-state index in [9.17, 15) is 18.0 Å². The molecule has 1 N–H and O–H groups in total. The number of nitrogens with one attached hydrogen (secondary N) is 1. The number of thioether (sulfide) groups is 1. The number of amides is 1. The van der Waals surface area contributed by atoms with Crippen LogP contribution in [0.15, 0.2) is 84.3 Å². The van der Waals surface area contributed by atoms with Gasteiger partial charge in [-0.05, 0) is 59.7 Å². The maximum Gasteiger partial charge on any atom is 0.308 e. The summed E-state index contributed by atoms with van der Waals surface area (Å²) in [4.78, 5) is 24.9. The molecule has 10 heteroatoms. The summed E-state index contributed by atoms with van der Waals surface area (Å²) in [7, 11) is -3.64. The van der Waals surface area contributed by atoms with Crippen LogP contribution in [0, 0.1) is 0 Å². The quantitative estimate of drug-likeness (QED) is 0.207. The zero-order valence-electron chi connectivity index (χ0n) is 17.7. The highest BCUT2D eigenvalue weighted by molar-refractivity contribution is 9.11. The van der Waals surface area contributed by atoms with E-state index < -0.39 is 15.8 Å². The van der Waals surface area contributed by atoms with Gasteiger partial charge in [0.05, 0.1) is 21.2 Å². The molecule has 0 radical (unpaired) electrons. The molecule has 1 aliphatic rings. The van der Waals surface area contributed by atoms with Crippen LogP contribution < -0.4 is 10.1 Å². The lowest BCUT2D eigenvalue weighted by molar-refractivity contribution is -0.131. The molecule has 1 heterocycles. The number of carbonyl (C=O) groups is 2. The Labute approximate surface area is 218 Å². The van der Waals surface area contributed by atoms with Gasteiger partial charge in [0.1, 0.15) is 5.75 Å². The van der Waals surface area contributed by atoms with E-state index in [1.165, 1.54) is 24.8 Å². The van der Waals surface area contributed by atoms with Gasteiger partial charge >= 0.3 is 5.97 Å². The Balaban J connectivity index is 1.60. The summed E-state index contributed by atoms with van der Waals surface area (Å²) >= 11 is 8.03. The van der Waals surface area contributed by atoms with Crippen LogP contribution in [0.5, 0.6) is 5.75 Å². The van der Waals surface area contributed by atoms with Crippen LogP contribution in [0.4, 0.5) is 5.69 Å². The molecule has 0 atom stereocenters. The number of sulfone groups is 1. The van der Waals surface area contributed by atoms with E-state index in [0.29, 0.717) is 35.7 Å². The smallest absolute Gasteiger partial charge is 0.308 e. The number of anilines is 1. The van der Waals surface area contributed by atoms with Gasteiger partial charge in [0, 0.05) is 20.8 Å². The fourth-order valence-corrected chi connectivity index (χ4v) is 7.37.